The first-order valence-electron chi connectivity index (χ1n) is 19.3. The Balaban J connectivity index is 1.12. The van der Waals surface area contributed by atoms with Crippen molar-refractivity contribution < 1.29 is 0 Å². The Bertz CT molecular complexity index is 3500. The van der Waals surface area contributed by atoms with E-state index >= 15 is 0 Å². The number of hydrogen-bond acceptors (Lipinski definition) is 1. The molecule has 0 bridgehead atoms. The lowest BCUT2D eigenvalue weighted by Gasteiger charge is -2.15. The molecule has 0 aliphatic rings. The molecular formula is C54H33NS. The fourth-order valence-corrected chi connectivity index (χ4v) is 10.4. The number of thiophene rings is 1. The van der Waals surface area contributed by atoms with Crippen LogP contribution in [0.1, 0.15) is 0 Å². The van der Waals surface area contributed by atoms with Gasteiger partial charge < -0.3 is 4.57 Å². The highest BCUT2D eigenvalue weighted by Gasteiger charge is 2.17. The zero-order valence-electron chi connectivity index (χ0n) is 30.4. The van der Waals surface area contributed by atoms with Crippen molar-refractivity contribution in [2.75, 3.05) is 0 Å². The van der Waals surface area contributed by atoms with E-state index in [1.165, 1.54) is 113 Å². The minimum absolute atomic E-state index is 1.17. The van der Waals surface area contributed by atoms with Gasteiger partial charge in [-0.15, -0.1) is 11.3 Å². The van der Waals surface area contributed by atoms with E-state index in [-0.39, 0.29) is 0 Å². The van der Waals surface area contributed by atoms with E-state index < -0.39 is 0 Å². The number of para-hydroxylation sites is 2. The molecule has 0 N–H and O–H groups in total. The van der Waals surface area contributed by atoms with E-state index in [1.807, 2.05) is 11.3 Å². The van der Waals surface area contributed by atoms with Crippen molar-refractivity contribution in [1.29, 1.82) is 0 Å². The Morgan fingerprint density at radius 2 is 0.804 bits per heavy atom. The van der Waals surface area contributed by atoms with Crippen molar-refractivity contribution in [3.63, 3.8) is 0 Å². The van der Waals surface area contributed by atoms with E-state index in [0.717, 1.165) is 0 Å². The van der Waals surface area contributed by atoms with E-state index in [4.69, 9.17) is 0 Å². The highest BCUT2D eigenvalue weighted by molar-refractivity contribution is 7.26. The molecule has 0 fully saturated rings. The third-order valence-corrected chi connectivity index (χ3v) is 13.0. The summed E-state index contributed by atoms with van der Waals surface area (Å²) in [7, 11) is 0. The van der Waals surface area contributed by atoms with Gasteiger partial charge >= 0.3 is 0 Å². The lowest BCUT2D eigenvalue weighted by Crippen LogP contribution is -1.93. The lowest BCUT2D eigenvalue weighted by molar-refractivity contribution is 1.18. The van der Waals surface area contributed by atoms with Crippen LogP contribution in [0.3, 0.4) is 0 Å². The molecule has 0 atom stereocenters. The Kier molecular flexibility index (Phi) is 6.87. The van der Waals surface area contributed by atoms with Crippen LogP contribution in [-0.4, -0.2) is 4.57 Å². The topological polar surface area (TPSA) is 4.93 Å². The molecule has 0 saturated carbocycles. The van der Waals surface area contributed by atoms with Crippen molar-refractivity contribution in [2.45, 2.75) is 0 Å². The summed E-state index contributed by atoms with van der Waals surface area (Å²) in [5.41, 5.74) is 10.9. The van der Waals surface area contributed by atoms with Crippen LogP contribution in [0.15, 0.2) is 200 Å². The van der Waals surface area contributed by atoms with Crippen LogP contribution in [0, 0.1) is 0 Å². The molecule has 2 heteroatoms. The average Bonchev–Trinajstić information content (AvgIpc) is 3.82. The molecule has 0 radical (unpaired) electrons. The fourth-order valence-electron chi connectivity index (χ4n) is 9.19. The summed E-state index contributed by atoms with van der Waals surface area (Å²) in [6, 6.07) is 74.1. The van der Waals surface area contributed by atoms with Crippen molar-refractivity contribution in [3.05, 3.63) is 200 Å². The number of nitrogens with zero attached hydrogens (tertiary/aromatic N) is 1. The van der Waals surface area contributed by atoms with Gasteiger partial charge in [-0.2, -0.15) is 0 Å². The van der Waals surface area contributed by atoms with Gasteiger partial charge in [0.2, 0.25) is 0 Å². The molecule has 0 amide bonds. The van der Waals surface area contributed by atoms with Gasteiger partial charge in [-0.05, 0) is 126 Å². The quantitative estimate of drug-likeness (QED) is 0.159. The summed E-state index contributed by atoms with van der Waals surface area (Å²) in [4.78, 5) is 0. The first-order chi connectivity index (χ1) is 27.8. The molecule has 0 aliphatic carbocycles. The summed E-state index contributed by atoms with van der Waals surface area (Å²) in [5.74, 6) is 0. The zero-order chi connectivity index (χ0) is 36.7. The molecule has 56 heavy (non-hydrogen) atoms. The third-order valence-electron chi connectivity index (χ3n) is 11.7. The zero-order valence-corrected chi connectivity index (χ0v) is 31.2. The molecule has 12 aromatic rings. The van der Waals surface area contributed by atoms with Crippen molar-refractivity contribution in [2.24, 2.45) is 0 Å². The SMILES string of the molecule is c1ccc(-n2c3ccccc3c3cc(-c4cc(-c5ccc6c7ccccc7c7ccccc7c6c5)cc(-c5cccc6c5sc5ccccc56)c4)ccc32)cc1. The lowest BCUT2D eigenvalue weighted by atomic mass is 9.89. The van der Waals surface area contributed by atoms with Crippen LogP contribution in [0.5, 0.6) is 0 Å². The van der Waals surface area contributed by atoms with E-state index in [0.29, 0.717) is 0 Å². The predicted molar refractivity (Wildman–Crippen MR) is 242 cm³/mol. The number of rotatable bonds is 4. The van der Waals surface area contributed by atoms with Gasteiger partial charge in [-0.3, -0.25) is 0 Å². The molecule has 260 valence electrons. The maximum absolute atomic E-state index is 2.42. The molecule has 2 heterocycles. The fraction of sp³-hybridized carbons (Fsp3) is 0. The Morgan fingerprint density at radius 1 is 0.286 bits per heavy atom. The van der Waals surface area contributed by atoms with Gasteiger partial charge in [0.25, 0.3) is 0 Å². The molecule has 0 unspecified atom stereocenters. The molecule has 12 rings (SSSR count). The normalized spacial score (nSPS) is 11.9. The van der Waals surface area contributed by atoms with Crippen LogP contribution < -0.4 is 0 Å². The second-order valence-corrected chi connectivity index (χ2v) is 15.9. The number of fused-ring (bicyclic) bond motifs is 12. The molecular weight excluding hydrogens is 695 g/mol. The van der Waals surface area contributed by atoms with E-state index in [1.54, 1.807) is 0 Å². The summed E-state index contributed by atoms with van der Waals surface area (Å²) in [6.45, 7) is 0. The largest absolute Gasteiger partial charge is 0.309 e. The van der Waals surface area contributed by atoms with Crippen molar-refractivity contribution in [3.8, 4) is 39.1 Å². The maximum Gasteiger partial charge on any atom is 0.0541 e. The number of hydrogen-bond donors (Lipinski definition) is 0. The highest BCUT2D eigenvalue weighted by Crippen LogP contribution is 2.44. The molecule has 0 spiro atoms. The van der Waals surface area contributed by atoms with Gasteiger partial charge in [-0.25, -0.2) is 0 Å². The van der Waals surface area contributed by atoms with Gasteiger partial charge in [0.1, 0.15) is 0 Å². The summed E-state index contributed by atoms with van der Waals surface area (Å²) in [6.07, 6.45) is 0. The molecule has 2 aromatic heterocycles. The minimum Gasteiger partial charge on any atom is -0.309 e. The standard InChI is InChI=1S/C54H33NS/c1-2-13-39(14-3-1)55-51-23-10-8-19-46(51)50-33-35(26-28-52(50)55)37-29-36(30-38(31-37)40-21-12-22-48-47-20-9-11-24-53(47)56-54(40)48)34-25-27-45-43-17-5-4-15-41(43)42-16-6-7-18-44(42)49(45)32-34/h1-33H. The van der Waals surface area contributed by atoms with Gasteiger partial charge in [0.15, 0.2) is 0 Å². The number of benzene rings is 10. The first kappa shape index (κ1) is 31.4. The summed E-state index contributed by atoms with van der Waals surface area (Å²) in [5, 5.41) is 12.9. The van der Waals surface area contributed by atoms with E-state index in [9.17, 15) is 0 Å². The summed E-state index contributed by atoms with van der Waals surface area (Å²) < 4.78 is 5.04. The number of aromatic nitrogens is 1. The highest BCUT2D eigenvalue weighted by atomic mass is 32.1. The molecule has 1 nitrogen and oxygen atoms in total. The molecule has 10 aromatic carbocycles. The van der Waals surface area contributed by atoms with Crippen LogP contribution >= 0.6 is 11.3 Å². The monoisotopic (exact) mass is 727 g/mol. The predicted octanol–water partition coefficient (Wildman–Crippen LogP) is 15.6. The van der Waals surface area contributed by atoms with Crippen molar-refractivity contribution in [1.82, 2.24) is 4.57 Å². The van der Waals surface area contributed by atoms with Crippen LogP contribution in [0.2, 0.25) is 0 Å². The minimum atomic E-state index is 1.17. The molecule has 0 aliphatic heterocycles. The third kappa shape index (κ3) is 4.73. The average molecular weight is 728 g/mol. The van der Waals surface area contributed by atoms with Crippen LogP contribution in [-0.2, 0) is 0 Å². The van der Waals surface area contributed by atoms with E-state index in [2.05, 4.69) is 205 Å². The molecule has 0 saturated heterocycles. The maximum atomic E-state index is 2.42. The van der Waals surface area contributed by atoms with Gasteiger partial charge in [0.05, 0.1) is 11.0 Å². The Morgan fingerprint density at radius 3 is 1.54 bits per heavy atom. The second kappa shape index (κ2) is 12.3. The first-order valence-corrected chi connectivity index (χ1v) is 20.1. The summed E-state index contributed by atoms with van der Waals surface area (Å²) >= 11 is 1.89. The van der Waals surface area contributed by atoms with Gasteiger partial charge in [-0.1, -0.05) is 140 Å². The smallest absolute Gasteiger partial charge is 0.0541 e. The Labute approximate surface area is 327 Å². The Hall–Kier alpha value is -7.00. The second-order valence-electron chi connectivity index (χ2n) is 14.9. The van der Waals surface area contributed by atoms with Crippen molar-refractivity contribution >= 4 is 85.6 Å². The van der Waals surface area contributed by atoms with Crippen LogP contribution in [0.25, 0.3) is 113 Å². The van der Waals surface area contributed by atoms with Crippen LogP contribution in [0.4, 0.5) is 0 Å². The van der Waals surface area contributed by atoms with Gasteiger partial charge in [0, 0.05) is 36.6 Å².